The maximum Gasteiger partial charge on any atom is 0.0911 e. The van der Waals surface area contributed by atoms with Crippen LogP contribution in [0.4, 0.5) is 0 Å². The number of benzene rings is 2. The minimum absolute atomic E-state index is 0.235. The van der Waals surface area contributed by atoms with Crippen molar-refractivity contribution in [1.82, 2.24) is 0 Å². The van der Waals surface area contributed by atoms with E-state index in [4.69, 9.17) is 0 Å². The molecule has 0 spiro atoms. The van der Waals surface area contributed by atoms with E-state index in [1.807, 2.05) is 6.07 Å². The zero-order valence-electron chi connectivity index (χ0n) is 15.0. The highest BCUT2D eigenvalue weighted by Gasteiger charge is 2.18. The number of hydrogen-bond donors (Lipinski definition) is 0. The lowest BCUT2D eigenvalue weighted by Crippen LogP contribution is -2.12. The molecule has 23 heavy (non-hydrogen) atoms. The van der Waals surface area contributed by atoms with Crippen LogP contribution in [0.3, 0.4) is 0 Å². The van der Waals surface area contributed by atoms with Crippen molar-refractivity contribution in [1.29, 1.82) is 0 Å². The summed E-state index contributed by atoms with van der Waals surface area (Å²) in [7, 11) is 0.908. The van der Waals surface area contributed by atoms with Gasteiger partial charge in [-0.25, -0.2) is 0 Å². The smallest absolute Gasteiger partial charge is 0.0911 e. The van der Waals surface area contributed by atoms with Crippen LogP contribution in [0, 0.1) is 23.8 Å². The molecule has 0 aliphatic carbocycles. The van der Waals surface area contributed by atoms with E-state index in [0.29, 0.717) is 0 Å². The van der Waals surface area contributed by atoms with E-state index in [0.717, 1.165) is 22.2 Å². The fourth-order valence-electron chi connectivity index (χ4n) is 2.89. The average molecular weight is 319 g/mol. The number of rotatable bonds is 3. The van der Waals surface area contributed by atoms with Crippen molar-refractivity contribution in [2.45, 2.75) is 34.1 Å². The minimum atomic E-state index is 0.235. The molecular formula is C22H26Si. The van der Waals surface area contributed by atoms with Gasteiger partial charge < -0.3 is 0 Å². The third-order valence-corrected chi connectivity index (χ3v) is 4.26. The zero-order chi connectivity index (χ0) is 17.0. The summed E-state index contributed by atoms with van der Waals surface area (Å²) in [5.41, 5.74) is 10.8. The molecule has 0 unspecified atom stereocenters. The first-order valence-corrected chi connectivity index (χ1v) is 9.13. The van der Waals surface area contributed by atoms with Crippen LogP contribution in [0.15, 0.2) is 49.0 Å². The van der Waals surface area contributed by atoms with Crippen molar-refractivity contribution < 1.29 is 0 Å². The SMILES string of the molecule is C=C(c1ccccc1)c1ccc(C#C[SiH3])c(CC(C)(C)C)c1C. The van der Waals surface area contributed by atoms with E-state index >= 15 is 0 Å². The summed E-state index contributed by atoms with van der Waals surface area (Å²) < 4.78 is 0. The van der Waals surface area contributed by atoms with Crippen LogP contribution in [0.5, 0.6) is 0 Å². The van der Waals surface area contributed by atoms with Gasteiger partial charge >= 0.3 is 0 Å². The average Bonchev–Trinajstić information content (AvgIpc) is 2.50. The Morgan fingerprint density at radius 2 is 1.74 bits per heavy atom. The van der Waals surface area contributed by atoms with E-state index < -0.39 is 0 Å². The molecule has 0 aliphatic heterocycles. The van der Waals surface area contributed by atoms with Crippen LogP contribution < -0.4 is 0 Å². The maximum atomic E-state index is 4.34. The Morgan fingerprint density at radius 3 is 2.30 bits per heavy atom. The summed E-state index contributed by atoms with van der Waals surface area (Å²) in [6.07, 6.45) is 1.03. The van der Waals surface area contributed by atoms with Gasteiger partial charge in [-0.3, -0.25) is 0 Å². The summed E-state index contributed by atoms with van der Waals surface area (Å²) in [4.78, 5) is 0. The van der Waals surface area contributed by atoms with Crippen molar-refractivity contribution in [2.75, 3.05) is 0 Å². The highest BCUT2D eigenvalue weighted by molar-refractivity contribution is 6.22. The van der Waals surface area contributed by atoms with Gasteiger partial charge in [0, 0.05) is 5.56 Å². The molecular weight excluding hydrogens is 292 g/mol. The molecule has 0 heterocycles. The highest BCUT2D eigenvalue weighted by Crippen LogP contribution is 2.31. The third-order valence-electron chi connectivity index (χ3n) is 4.01. The van der Waals surface area contributed by atoms with Crippen LogP contribution in [-0.2, 0) is 6.42 Å². The largest absolute Gasteiger partial charge is 0.138 e. The molecule has 0 N–H and O–H groups in total. The molecule has 2 aromatic carbocycles. The van der Waals surface area contributed by atoms with Gasteiger partial charge in [-0.15, -0.1) is 5.54 Å². The fraction of sp³-hybridized carbons (Fsp3) is 0.273. The molecule has 0 fully saturated rings. The Morgan fingerprint density at radius 1 is 1.09 bits per heavy atom. The summed E-state index contributed by atoms with van der Waals surface area (Å²) in [5.74, 6) is 3.33. The van der Waals surface area contributed by atoms with Gasteiger partial charge in [0.15, 0.2) is 0 Å². The quantitative estimate of drug-likeness (QED) is 0.584. The first-order chi connectivity index (χ1) is 10.8. The van der Waals surface area contributed by atoms with Crippen molar-refractivity contribution in [3.63, 3.8) is 0 Å². The molecule has 0 radical (unpaired) electrons. The first kappa shape index (κ1) is 17.3. The van der Waals surface area contributed by atoms with Crippen LogP contribution in [0.25, 0.3) is 5.57 Å². The van der Waals surface area contributed by atoms with Crippen LogP contribution >= 0.6 is 0 Å². The Balaban J connectivity index is 2.56. The van der Waals surface area contributed by atoms with Crippen LogP contribution in [0.1, 0.15) is 48.6 Å². The molecule has 2 aromatic rings. The second-order valence-corrected chi connectivity index (χ2v) is 7.72. The van der Waals surface area contributed by atoms with Crippen molar-refractivity contribution in [3.05, 3.63) is 76.9 Å². The van der Waals surface area contributed by atoms with E-state index in [-0.39, 0.29) is 5.41 Å². The molecule has 0 saturated heterocycles. The summed E-state index contributed by atoms with van der Waals surface area (Å²) in [6, 6.07) is 14.8. The van der Waals surface area contributed by atoms with Crippen LogP contribution in [-0.4, -0.2) is 10.2 Å². The molecule has 2 rings (SSSR count). The second-order valence-electron chi connectivity index (χ2n) is 7.22. The zero-order valence-corrected chi connectivity index (χ0v) is 17.0. The van der Waals surface area contributed by atoms with Crippen molar-refractivity contribution >= 4 is 15.8 Å². The molecule has 0 amide bonds. The minimum Gasteiger partial charge on any atom is -0.138 e. The summed E-state index contributed by atoms with van der Waals surface area (Å²) >= 11 is 0. The second kappa shape index (κ2) is 7.02. The van der Waals surface area contributed by atoms with Crippen molar-refractivity contribution in [3.8, 4) is 11.5 Å². The van der Waals surface area contributed by atoms with Gasteiger partial charge in [0.25, 0.3) is 0 Å². The summed E-state index contributed by atoms with van der Waals surface area (Å²) in [5, 5.41) is 0. The molecule has 0 aliphatic rings. The lowest BCUT2D eigenvalue weighted by Gasteiger charge is -2.23. The predicted molar refractivity (Wildman–Crippen MR) is 106 cm³/mol. The molecule has 0 atom stereocenters. The molecule has 0 aromatic heterocycles. The monoisotopic (exact) mass is 318 g/mol. The maximum absolute atomic E-state index is 4.34. The topological polar surface area (TPSA) is 0 Å². The van der Waals surface area contributed by atoms with E-state index in [2.05, 4.69) is 82.1 Å². The molecule has 0 saturated carbocycles. The Bertz CT molecular complexity index is 765. The Kier molecular flexibility index (Phi) is 5.29. The van der Waals surface area contributed by atoms with Gasteiger partial charge in [-0.1, -0.05) is 69.7 Å². The van der Waals surface area contributed by atoms with Gasteiger partial charge in [0.2, 0.25) is 0 Å². The Hall–Kier alpha value is -2.04. The molecule has 118 valence electrons. The molecule has 1 heteroatoms. The first-order valence-electron chi connectivity index (χ1n) is 8.13. The van der Waals surface area contributed by atoms with E-state index in [1.165, 1.54) is 27.8 Å². The van der Waals surface area contributed by atoms with Gasteiger partial charge in [0.1, 0.15) is 0 Å². The van der Waals surface area contributed by atoms with E-state index in [1.54, 1.807) is 0 Å². The van der Waals surface area contributed by atoms with Crippen LogP contribution in [0.2, 0.25) is 0 Å². The van der Waals surface area contributed by atoms with Gasteiger partial charge in [-0.2, -0.15) is 0 Å². The number of hydrogen-bond acceptors (Lipinski definition) is 0. The highest BCUT2D eigenvalue weighted by atomic mass is 28.1. The summed E-state index contributed by atoms with van der Waals surface area (Å²) in [6.45, 7) is 13.4. The fourth-order valence-corrected chi connectivity index (χ4v) is 3.16. The molecule has 0 nitrogen and oxygen atoms in total. The predicted octanol–water partition coefficient (Wildman–Crippen LogP) is 4.32. The lowest BCUT2D eigenvalue weighted by atomic mass is 9.82. The van der Waals surface area contributed by atoms with E-state index in [9.17, 15) is 0 Å². The van der Waals surface area contributed by atoms with Gasteiger partial charge in [-0.05, 0) is 52.7 Å². The Labute approximate surface area is 144 Å². The van der Waals surface area contributed by atoms with Gasteiger partial charge in [0.05, 0.1) is 10.2 Å². The lowest BCUT2D eigenvalue weighted by molar-refractivity contribution is 0.410. The third kappa shape index (κ3) is 4.24. The standard InChI is InChI=1S/C22H26Si/c1-16(18-9-7-6-8-10-18)20-12-11-19(13-14-23)21(17(20)2)15-22(3,4)5/h6-12H,1,15H2,2-5,23H3. The normalized spacial score (nSPS) is 11.0. The van der Waals surface area contributed by atoms with Crippen molar-refractivity contribution in [2.24, 2.45) is 5.41 Å². The molecule has 0 bridgehead atoms.